The molecule has 1 atom stereocenters. The van der Waals surface area contributed by atoms with Gasteiger partial charge in [0, 0.05) is 12.1 Å². The summed E-state index contributed by atoms with van der Waals surface area (Å²) in [4.78, 5) is 3.95. The number of nitrogens with zero attached hydrogens (tertiary/aromatic N) is 7. The van der Waals surface area contributed by atoms with E-state index in [4.69, 9.17) is 5.73 Å². The van der Waals surface area contributed by atoms with Gasteiger partial charge in [0.1, 0.15) is 18.0 Å². The lowest BCUT2D eigenvalue weighted by molar-refractivity contribution is -0.169. The maximum Gasteiger partial charge on any atom is 0.411 e. The van der Waals surface area contributed by atoms with Crippen LogP contribution in [-0.4, -0.2) is 49.5 Å². The van der Waals surface area contributed by atoms with Crippen LogP contribution in [0.2, 0.25) is 0 Å². The number of hydrazone groups is 1. The molecule has 0 radical (unpaired) electrons. The quantitative estimate of drug-likeness (QED) is 0.746. The van der Waals surface area contributed by atoms with Crippen molar-refractivity contribution in [3.63, 3.8) is 0 Å². The highest BCUT2D eigenvalue weighted by molar-refractivity contribution is 5.92. The van der Waals surface area contributed by atoms with Gasteiger partial charge in [-0.05, 0) is 6.92 Å². The number of hydrogen-bond donors (Lipinski definition) is 1. The maximum atomic E-state index is 13.1. The van der Waals surface area contributed by atoms with Gasteiger partial charge in [-0.1, -0.05) is 0 Å². The summed E-state index contributed by atoms with van der Waals surface area (Å²) >= 11 is 0. The number of rotatable bonds is 0. The zero-order valence-corrected chi connectivity index (χ0v) is 10.9. The molecule has 0 spiro atoms. The minimum Gasteiger partial charge on any atom is -0.385 e. The Morgan fingerprint density at radius 1 is 1.33 bits per heavy atom. The molecule has 3 rings (SSSR count). The van der Waals surface area contributed by atoms with Gasteiger partial charge in [0.25, 0.3) is 5.96 Å². The Labute approximate surface area is 116 Å². The Kier molecular flexibility index (Phi) is 2.92. The Bertz CT molecular complexity index is 656. The van der Waals surface area contributed by atoms with E-state index in [1.165, 1.54) is 17.9 Å². The molecule has 0 amide bonds. The SMILES string of the molecule is CC1=NN(C2=NN=C(N)Cc3ncnn32)[C@H](C(F)(F)F)C1. The fourth-order valence-corrected chi connectivity index (χ4v) is 2.14. The van der Waals surface area contributed by atoms with Gasteiger partial charge < -0.3 is 5.73 Å². The second-order valence-corrected chi connectivity index (χ2v) is 4.70. The highest BCUT2D eigenvalue weighted by Gasteiger charge is 2.49. The van der Waals surface area contributed by atoms with Crippen molar-refractivity contribution < 1.29 is 13.2 Å². The third kappa shape index (κ3) is 2.34. The Balaban J connectivity index is 2.07. The molecule has 0 saturated heterocycles. The molecule has 2 aliphatic rings. The fourth-order valence-electron chi connectivity index (χ4n) is 2.14. The van der Waals surface area contributed by atoms with Crippen molar-refractivity contribution in [3.05, 3.63) is 12.2 Å². The van der Waals surface area contributed by atoms with Crippen LogP contribution in [0, 0.1) is 0 Å². The first-order valence-corrected chi connectivity index (χ1v) is 6.05. The van der Waals surface area contributed by atoms with Gasteiger partial charge in [0.05, 0.1) is 6.42 Å². The van der Waals surface area contributed by atoms with Crippen LogP contribution in [0.4, 0.5) is 13.2 Å². The molecule has 0 bridgehead atoms. The average Bonchev–Trinajstić information content (AvgIpc) is 2.94. The summed E-state index contributed by atoms with van der Waals surface area (Å²) in [5.74, 6) is 0.331. The van der Waals surface area contributed by atoms with Crippen molar-refractivity contribution in [2.75, 3.05) is 0 Å². The highest BCUT2D eigenvalue weighted by Crippen LogP contribution is 2.32. The van der Waals surface area contributed by atoms with Crippen LogP contribution in [0.1, 0.15) is 19.2 Å². The van der Waals surface area contributed by atoms with Crippen LogP contribution in [-0.2, 0) is 6.42 Å². The average molecular weight is 300 g/mol. The summed E-state index contributed by atoms with van der Waals surface area (Å²) in [6.07, 6.45) is -3.31. The molecule has 0 unspecified atom stereocenters. The zero-order chi connectivity index (χ0) is 15.2. The van der Waals surface area contributed by atoms with Crippen LogP contribution < -0.4 is 5.73 Å². The minimum absolute atomic E-state index is 0.141. The molecule has 2 N–H and O–H groups in total. The lowest BCUT2D eigenvalue weighted by Crippen LogP contribution is -2.46. The summed E-state index contributed by atoms with van der Waals surface area (Å²) in [5.41, 5.74) is 5.95. The second-order valence-electron chi connectivity index (χ2n) is 4.70. The van der Waals surface area contributed by atoms with Crippen LogP contribution in [0.3, 0.4) is 0 Å². The number of alkyl halides is 3. The first-order chi connectivity index (χ1) is 9.86. The normalized spacial score (nSPS) is 22.4. The summed E-state index contributed by atoms with van der Waals surface area (Å²) in [6.45, 7) is 1.52. The van der Waals surface area contributed by atoms with Gasteiger partial charge in [0.2, 0.25) is 0 Å². The van der Waals surface area contributed by atoms with Crippen molar-refractivity contribution >= 4 is 17.5 Å². The smallest absolute Gasteiger partial charge is 0.385 e. The molecule has 2 aliphatic heterocycles. The molecule has 11 heteroatoms. The third-order valence-corrected chi connectivity index (χ3v) is 3.06. The molecular formula is C10H11F3N8. The van der Waals surface area contributed by atoms with Gasteiger partial charge in [0.15, 0.2) is 6.04 Å². The van der Waals surface area contributed by atoms with Gasteiger partial charge in [-0.15, -0.1) is 10.2 Å². The van der Waals surface area contributed by atoms with Gasteiger partial charge >= 0.3 is 6.18 Å². The fraction of sp³-hybridized carbons (Fsp3) is 0.500. The van der Waals surface area contributed by atoms with E-state index in [2.05, 4.69) is 25.4 Å². The largest absolute Gasteiger partial charge is 0.411 e. The lowest BCUT2D eigenvalue weighted by atomic mass is 10.1. The number of fused-ring (bicyclic) bond motifs is 1. The molecule has 21 heavy (non-hydrogen) atoms. The third-order valence-electron chi connectivity index (χ3n) is 3.06. The predicted octanol–water partition coefficient (Wildman–Crippen LogP) is 0.323. The molecule has 0 saturated carbocycles. The van der Waals surface area contributed by atoms with E-state index < -0.39 is 12.2 Å². The molecule has 0 fully saturated rings. The number of aromatic nitrogens is 3. The van der Waals surface area contributed by atoms with Gasteiger partial charge in [-0.25, -0.2) is 9.99 Å². The second kappa shape index (κ2) is 4.53. The van der Waals surface area contributed by atoms with E-state index in [1.807, 2.05) is 0 Å². The van der Waals surface area contributed by atoms with E-state index in [0.29, 0.717) is 11.5 Å². The first-order valence-electron chi connectivity index (χ1n) is 6.05. The summed E-state index contributed by atoms with van der Waals surface area (Å²) < 4.78 is 40.6. The predicted molar refractivity (Wildman–Crippen MR) is 67.6 cm³/mol. The summed E-state index contributed by atoms with van der Waals surface area (Å²) in [7, 11) is 0. The molecule has 8 nitrogen and oxygen atoms in total. The van der Waals surface area contributed by atoms with Crippen molar-refractivity contribution in [1.29, 1.82) is 0 Å². The topological polar surface area (TPSA) is 97.1 Å². The van der Waals surface area contributed by atoms with Crippen LogP contribution >= 0.6 is 0 Å². The molecule has 1 aromatic heterocycles. The van der Waals surface area contributed by atoms with Crippen LogP contribution in [0.5, 0.6) is 0 Å². The molecule has 3 heterocycles. The van der Waals surface area contributed by atoms with Crippen LogP contribution in [0.25, 0.3) is 0 Å². The number of hydrogen-bond acceptors (Lipinski definition) is 7. The number of amidine groups is 1. The molecule has 0 aliphatic carbocycles. The van der Waals surface area contributed by atoms with Crippen molar-refractivity contribution in [1.82, 2.24) is 19.8 Å². The van der Waals surface area contributed by atoms with Gasteiger partial charge in [-0.2, -0.15) is 28.1 Å². The van der Waals surface area contributed by atoms with Gasteiger partial charge in [-0.3, -0.25) is 0 Å². The Morgan fingerprint density at radius 2 is 2.10 bits per heavy atom. The molecule has 1 aromatic rings. The molecule has 0 aromatic carbocycles. The summed E-state index contributed by atoms with van der Waals surface area (Å²) in [5, 5.41) is 16.0. The maximum absolute atomic E-state index is 13.1. The molecular weight excluding hydrogens is 289 g/mol. The minimum atomic E-state index is -4.45. The number of halogens is 3. The van der Waals surface area contributed by atoms with E-state index in [0.717, 1.165) is 5.01 Å². The van der Waals surface area contributed by atoms with E-state index in [1.54, 1.807) is 0 Å². The lowest BCUT2D eigenvalue weighted by Gasteiger charge is -2.25. The Hall–Kier alpha value is -2.46. The summed E-state index contributed by atoms with van der Waals surface area (Å²) in [6, 6.07) is -1.80. The molecule has 112 valence electrons. The standard InChI is InChI=1S/C10H11F3N8/c1-5-2-6(10(11,12)13)20(19-5)9-18-17-7(14)3-8-15-4-16-21(8)9/h4,6H,2-3H2,1H3,(H2,14,17)/t6-/m0/s1. The van der Waals surface area contributed by atoms with Crippen molar-refractivity contribution in [3.8, 4) is 0 Å². The van der Waals surface area contributed by atoms with E-state index in [9.17, 15) is 13.2 Å². The Morgan fingerprint density at radius 3 is 2.81 bits per heavy atom. The van der Waals surface area contributed by atoms with Crippen molar-refractivity contribution in [2.45, 2.75) is 32.0 Å². The zero-order valence-electron chi connectivity index (χ0n) is 10.9. The van der Waals surface area contributed by atoms with E-state index >= 15 is 0 Å². The van der Waals surface area contributed by atoms with Crippen LogP contribution in [0.15, 0.2) is 21.6 Å². The highest BCUT2D eigenvalue weighted by atomic mass is 19.4. The first kappa shape index (κ1) is 13.5. The monoisotopic (exact) mass is 300 g/mol. The van der Waals surface area contributed by atoms with Crippen molar-refractivity contribution in [2.24, 2.45) is 21.0 Å². The van der Waals surface area contributed by atoms with E-state index in [-0.39, 0.29) is 24.6 Å². The number of nitrogens with two attached hydrogens (primary N) is 1.